The molecular formula is C21H17F3N4O4S. The molecule has 1 unspecified atom stereocenters. The number of halogens is 3. The van der Waals surface area contributed by atoms with Crippen LogP contribution in [0.3, 0.4) is 0 Å². The van der Waals surface area contributed by atoms with Crippen molar-refractivity contribution >= 4 is 16.7 Å². The van der Waals surface area contributed by atoms with Gasteiger partial charge in [0, 0.05) is 28.3 Å². The summed E-state index contributed by atoms with van der Waals surface area (Å²) in [4.78, 5) is 29.9. The number of pyridine rings is 1. The van der Waals surface area contributed by atoms with Crippen molar-refractivity contribution in [2.24, 2.45) is 0 Å². The van der Waals surface area contributed by atoms with Gasteiger partial charge in [-0.15, -0.1) is 0 Å². The maximum atomic E-state index is 13.0. The molecule has 33 heavy (non-hydrogen) atoms. The van der Waals surface area contributed by atoms with Crippen molar-refractivity contribution in [1.29, 1.82) is 0 Å². The molecule has 0 saturated carbocycles. The average molecular weight is 478 g/mol. The van der Waals surface area contributed by atoms with E-state index in [0.29, 0.717) is 0 Å². The zero-order chi connectivity index (χ0) is 23.8. The number of hydrogen-bond acceptors (Lipinski definition) is 6. The first-order valence-corrected chi connectivity index (χ1v) is 11.2. The highest BCUT2D eigenvalue weighted by Crippen LogP contribution is 2.30. The molecule has 1 amide bonds. The molecule has 0 bridgehead atoms. The van der Waals surface area contributed by atoms with Crippen LogP contribution in [0.5, 0.6) is 0 Å². The van der Waals surface area contributed by atoms with Gasteiger partial charge in [-0.1, -0.05) is 12.1 Å². The third-order valence-corrected chi connectivity index (χ3v) is 6.50. The number of aromatic nitrogens is 3. The fourth-order valence-corrected chi connectivity index (χ4v) is 4.81. The summed E-state index contributed by atoms with van der Waals surface area (Å²) < 4.78 is 51.4. The summed E-state index contributed by atoms with van der Waals surface area (Å²) in [7, 11) is -1.30. The largest absolute Gasteiger partial charge is 0.416 e. The molecule has 1 aromatic carbocycles. The van der Waals surface area contributed by atoms with E-state index < -0.39 is 46.2 Å². The highest BCUT2D eigenvalue weighted by molar-refractivity contribution is 7.85. The summed E-state index contributed by atoms with van der Waals surface area (Å²) >= 11 is 0. The smallest absolute Gasteiger partial charge is 0.390 e. The summed E-state index contributed by atoms with van der Waals surface area (Å²) in [6, 6.07) is 7.59. The van der Waals surface area contributed by atoms with Crippen molar-refractivity contribution in [2.75, 3.05) is 11.5 Å². The van der Waals surface area contributed by atoms with Gasteiger partial charge in [-0.2, -0.15) is 23.0 Å². The van der Waals surface area contributed by atoms with Gasteiger partial charge in [0.2, 0.25) is 0 Å². The number of carbonyl (C=O) groups is 1. The maximum absolute atomic E-state index is 13.0. The second kappa shape index (κ2) is 8.87. The molecule has 3 atom stereocenters. The minimum absolute atomic E-state index is 0.0119. The zero-order valence-corrected chi connectivity index (χ0v) is 17.6. The Bertz CT molecular complexity index is 1260. The number of rotatable bonds is 4. The van der Waals surface area contributed by atoms with E-state index in [1.165, 1.54) is 36.7 Å². The lowest BCUT2D eigenvalue weighted by Crippen LogP contribution is -2.44. The highest BCUT2D eigenvalue weighted by atomic mass is 32.2. The van der Waals surface area contributed by atoms with E-state index >= 15 is 0 Å². The number of amides is 1. The van der Waals surface area contributed by atoms with Crippen LogP contribution < -0.4 is 10.9 Å². The van der Waals surface area contributed by atoms with E-state index in [0.717, 1.165) is 16.8 Å². The Kier molecular flexibility index (Phi) is 6.13. The zero-order valence-electron chi connectivity index (χ0n) is 16.8. The van der Waals surface area contributed by atoms with Crippen LogP contribution in [0, 0.1) is 0 Å². The van der Waals surface area contributed by atoms with Crippen molar-refractivity contribution in [3.63, 3.8) is 0 Å². The molecule has 172 valence electrons. The van der Waals surface area contributed by atoms with Crippen LogP contribution in [-0.2, 0) is 17.0 Å². The Morgan fingerprint density at radius 3 is 2.48 bits per heavy atom. The second-order valence-electron chi connectivity index (χ2n) is 7.37. The van der Waals surface area contributed by atoms with E-state index in [2.05, 4.69) is 15.4 Å². The standard InChI is InChI=1S/C21H17F3N4O4S/c22-21(23,24)13-5-3-12(4-6-13)16-8-15(19(30)26-17-10-33(32)11-18(17)29)20(31)28(27-16)14-2-1-7-25-9-14/h1-9,17-18,29H,10-11H2,(H,26,30)/t17-,18+,33?/m0/s1. The third kappa shape index (κ3) is 4.86. The van der Waals surface area contributed by atoms with E-state index in [4.69, 9.17) is 0 Å². The van der Waals surface area contributed by atoms with Gasteiger partial charge in [0.15, 0.2) is 0 Å². The molecule has 8 nitrogen and oxygen atoms in total. The van der Waals surface area contributed by atoms with Crippen LogP contribution >= 0.6 is 0 Å². The first-order chi connectivity index (χ1) is 15.6. The number of nitrogens with zero attached hydrogens (tertiary/aromatic N) is 3. The number of hydrogen-bond donors (Lipinski definition) is 2. The SMILES string of the molecule is O=C(N[C@H]1CS(=O)C[C@H]1O)c1cc(-c2ccc(C(F)(F)F)cc2)nn(-c2cccnc2)c1=O. The molecule has 1 fully saturated rings. The minimum atomic E-state index is -4.52. The number of nitrogens with one attached hydrogen (secondary N) is 1. The highest BCUT2D eigenvalue weighted by Gasteiger charge is 2.33. The van der Waals surface area contributed by atoms with Crippen LogP contribution in [0.4, 0.5) is 13.2 Å². The lowest BCUT2D eigenvalue weighted by molar-refractivity contribution is -0.137. The van der Waals surface area contributed by atoms with Gasteiger partial charge in [0.05, 0.1) is 41.0 Å². The monoisotopic (exact) mass is 478 g/mol. The van der Waals surface area contributed by atoms with Gasteiger partial charge in [-0.05, 0) is 30.3 Å². The summed E-state index contributed by atoms with van der Waals surface area (Å²) in [5.74, 6) is -0.769. The fraction of sp³-hybridized carbons (Fsp3) is 0.238. The number of carbonyl (C=O) groups excluding carboxylic acids is 1. The van der Waals surface area contributed by atoms with Crippen LogP contribution in [-0.4, -0.2) is 53.6 Å². The number of alkyl halides is 3. The fourth-order valence-electron chi connectivity index (χ4n) is 3.35. The van der Waals surface area contributed by atoms with Gasteiger partial charge in [-0.25, -0.2) is 0 Å². The quantitative estimate of drug-likeness (QED) is 0.588. The van der Waals surface area contributed by atoms with E-state index in [1.54, 1.807) is 6.07 Å². The Morgan fingerprint density at radius 2 is 1.91 bits per heavy atom. The molecular weight excluding hydrogens is 461 g/mol. The van der Waals surface area contributed by atoms with Crippen molar-refractivity contribution in [1.82, 2.24) is 20.1 Å². The number of aliphatic hydroxyl groups excluding tert-OH is 1. The Labute approximate surface area is 187 Å². The third-order valence-electron chi connectivity index (χ3n) is 5.06. The van der Waals surface area contributed by atoms with Gasteiger partial charge in [0.25, 0.3) is 11.5 Å². The predicted octanol–water partition coefficient (Wildman–Crippen LogP) is 1.53. The molecule has 2 aromatic heterocycles. The molecule has 0 aliphatic carbocycles. The molecule has 0 radical (unpaired) electrons. The Hall–Kier alpha value is -3.38. The Morgan fingerprint density at radius 1 is 1.18 bits per heavy atom. The summed E-state index contributed by atoms with van der Waals surface area (Å²) in [6.07, 6.45) is -2.72. The molecule has 1 aliphatic rings. The Balaban J connectivity index is 1.78. The number of benzene rings is 1. The summed E-state index contributed by atoms with van der Waals surface area (Å²) in [5.41, 5.74) is -1.41. The molecule has 1 aliphatic heterocycles. The van der Waals surface area contributed by atoms with Crippen LogP contribution in [0.2, 0.25) is 0 Å². The topological polar surface area (TPSA) is 114 Å². The second-order valence-corrected chi connectivity index (χ2v) is 8.91. The lowest BCUT2D eigenvalue weighted by atomic mass is 10.1. The van der Waals surface area contributed by atoms with Gasteiger partial charge < -0.3 is 10.4 Å². The molecule has 12 heteroatoms. The van der Waals surface area contributed by atoms with Crippen molar-refractivity contribution in [2.45, 2.75) is 18.3 Å². The molecule has 1 saturated heterocycles. The molecule has 0 spiro atoms. The molecule has 2 N–H and O–H groups in total. The number of aliphatic hydroxyl groups is 1. The van der Waals surface area contributed by atoms with E-state index in [1.807, 2.05) is 0 Å². The average Bonchev–Trinajstić information content (AvgIpc) is 3.10. The first-order valence-electron chi connectivity index (χ1n) is 9.70. The molecule has 3 heterocycles. The van der Waals surface area contributed by atoms with Crippen molar-refractivity contribution in [3.8, 4) is 16.9 Å². The summed E-state index contributed by atoms with van der Waals surface area (Å²) in [6.45, 7) is 0. The molecule has 3 aromatic rings. The van der Waals surface area contributed by atoms with Crippen molar-refractivity contribution in [3.05, 3.63) is 76.3 Å². The van der Waals surface area contributed by atoms with Crippen LogP contribution in [0.15, 0.2) is 59.7 Å². The predicted molar refractivity (Wildman–Crippen MR) is 113 cm³/mol. The maximum Gasteiger partial charge on any atom is 0.416 e. The van der Waals surface area contributed by atoms with E-state index in [9.17, 15) is 32.1 Å². The van der Waals surface area contributed by atoms with Gasteiger partial charge >= 0.3 is 6.18 Å². The van der Waals surface area contributed by atoms with Gasteiger partial charge in [0.1, 0.15) is 5.56 Å². The van der Waals surface area contributed by atoms with E-state index in [-0.39, 0.29) is 34.0 Å². The van der Waals surface area contributed by atoms with Gasteiger partial charge in [-0.3, -0.25) is 18.8 Å². The summed E-state index contributed by atoms with van der Waals surface area (Å²) in [5, 5.41) is 16.7. The lowest BCUT2D eigenvalue weighted by Gasteiger charge is -2.16. The first kappa shape index (κ1) is 22.8. The normalized spacial score (nSPS) is 20.5. The van der Waals surface area contributed by atoms with Crippen molar-refractivity contribution < 1.29 is 27.3 Å². The molecule has 4 rings (SSSR count). The minimum Gasteiger partial charge on any atom is -0.390 e. The van der Waals surface area contributed by atoms with Crippen LogP contribution in [0.25, 0.3) is 16.9 Å². The van der Waals surface area contributed by atoms with Crippen LogP contribution in [0.1, 0.15) is 15.9 Å².